The van der Waals surface area contributed by atoms with E-state index >= 15 is 0 Å². The van der Waals surface area contributed by atoms with Crippen molar-refractivity contribution in [1.82, 2.24) is 4.98 Å². The van der Waals surface area contributed by atoms with E-state index in [0.717, 1.165) is 12.1 Å². The average Bonchev–Trinajstić information content (AvgIpc) is 2.40. The van der Waals surface area contributed by atoms with Crippen LogP contribution in [-0.4, -0.2) is 11.5 Å². The first-order valence-electron chi connectivity index (χ1n) is 6.19. The molecule has 0 radical (unpaired) electrons. The summed E-state index contributed by atoms with van der Waals surface area (Å²) in [6.45, 7) is 1.93. The van der Waals surface area contributed by atoms with Gasteiger partial charge in [-0.15, -0.1) is 0 Å². The molecule has 112 valence electrons. The summed E-state index contributed by atoms with van der Waals surface area (Å²) in [5.74, 6) is -0.860. The lowest BCUT2D eigenvalue weighted by molar-refractivity contribution is -0.137. The van der Waals surface area contributed by atoms with Crippen LogP contribution in [0.5, 0.6) is 0 Å². The maximum absolute atomic E-state index is 13.8. The SMILES string of the molecule is CCN(c1cc(C(F)(F)F)cc(N)n1)c1ccccc1F. The Kier molecular flexibility index (Phi) is 4.02. The molecule has 0 fully saturated rings. The zero-order valence-electron chi connectivity index (χ0n) is 11.2. The highest BCUT2D eigenvalue weighted by Gasteiger charge is 2.32. The fourth-order valence-electron chi connectivity index (χ4n) is 1.97. The van der Waals surface area contributed by atoms with Gasteiger partial charge in [0.2, 0.25) is 0 Å². The quantitative estimate of drug-likeness (QED) is 0.872. The molecule has 21 heavy (non-hydrogen) atoms. The molecule has 0 saturated carbocycles. The summed E-state index contributed by atoms with van der Waals surface area (Å²) in [5, 5.41) is 0. The number of anilines is 3. The second-order valence-electron chi connectivity index (χ2n) is 4.33. The second-order valence-corrected chi connectivity index (χ2v) is 4.33. The molecule has 0 bridgehead atoms. The minimum absolute atomic E-state index is 0.0464. The van der Waals surface area contributed by atoms with Crippen molar-refractivity contribution in [3.05, 3.63) is 47.8 Å². The van der Waals surface area contributed by atoms with Crippen LogP contribution in [0, 0.1) is 5.82 Å². The van der Waals surface area contributed by atoms with Crippen molar-refractivity contribution < 1.29 is 17.6 Å². The van der Waals surface area contributed by atoms with Crippen LogP contribution in [0.15, 0.2) is 36.4 Å². The molecule has 0 unspecified atom stereocenters. The van der Waals surface area contributed by atoms with E-state index in [4.69, 9.17) is 5.73 Å². The van der Waals surface area contributed by atoms with Crippen LogP contribution in [0.3, 0.4) is 0 Å². The van der Waals surface area contributed by atoms with Gasteiger partial charge in [-0.25, -0.2) is 9.37 Å². The van der Waals surface area contributed by atoms with E-state index in [1.54, 1.807) is 13.0 Å². The third kappa shape index (κ3) is 3.24. The number of rotatable bonds is 3. The fraction of sp³-hybridized carbons (Fsp3) is 0.214. The van der Waals surface area contributed by atoms with Gasteiger partial charge >= 0.3 is 6.18 Å². The summed E-state index contributed by atoms with van der Waals surface area (Å²) >= 11 is 0. The Morgan fingerprint density at radius 1 is 1.19 bits per heavy atom. The summed E-state index contributed by atoms with van der Waals surface area (Å²) in [6.07, 6.45) is -4.54. The van der Waals surface area contributed by atoms with Crippen LogP contribution in [-0.2, 0) is 6.18 Å². The normalized spacial score (nSPS) is 11.5. The van der Waals surface area contributed by atoms with Crippen LogP contribution in [0.1, 0.15) is 12.5 Å². The summed E-state index contributed by atoms with van der Waals surface area (Å²) in [7, 11) is 0. The molecule has 0 spiro atoms. The number of nitrogen functional groups attached to an aromatic ring is 1. The van der Waals surface area contributed by atoms with Crippen molar-refractivity contribution in [2.45, 2.75) is 13.1 Å². The molecule has 1 aromatic carbocycles. The lowest BCUT2D eigenvalue weighted by Crippen LogP contribution is -2.20. The smallest absolute Gasteiger partial charge is 0.384 e. The minimum Gasteiger partial charge on any atom is -0.384 e. The summed E-state index contributed by atoms with van der Waals surface area (Å²) in [4.78, 5) is 5.21. The molecular weight excluding hydrogens is 286 g/mol. The van der Waals surface area contributed by atoms with Crippen molar-refractivity contribution >= 4 is 17.3 Å². The zero-order valence-corrected chi connectivity index (χ0v) is 11.2. The highest BCUT2D eigenvalue weighted by Crippen LogP contribution is 2.34. The van der Waals surface area contributed by atoms with E-state index in [2.05, 4.69) is 4.98 Å². The van der Waals surface area contributed by atoms with Crippen molar-refractivity contribution in [1.29, 1.82) is 0 Å². The molecule has 0 aliphatic carbocycles. The second kappa shape index (κ2) is 5.59. The standard InChI is InChI=1S/C14H13F4N3/c1-2-21(11-6-4-3-5-10(11)15)13-8-9(14(16,17)18)7-12(19)20-13/h3-8H,2H2,1H3,(H2,19,20). The Balaban J connectivity index is 2.53. The Labute approximate surface area is 119 Å². The van der Waals surface area contributed by atoms with Gasteiger partial charge in [0.15, 0.2) is 0 Å². The Bertz CT molecular complexity index is 640. The number of nitrogens with zero attached hydrogens (tertiary/aromatic N) is 2. The largest absolute Gasteiger partial charge is 0.416 e. The maximum Gasteiger partial charge on any atom is 0.416 e. The lowest BCUT2D eigenvalue weighted by atomic mass is 10.2. The number of halogens is 4. The molecule has 2 aromatic rings. The number of benzene rings is 1. The van der Waals surface area contributed by atoms with Gasteiger partial charge in [-0.05, 0) is 31.2 Å². The molecule has 0 atom stereocenters. The van der Waals surface area contributed by atoms with E-state index in [1.807, 2.05) is 0 Å². The van der Waals surface area contributed by atoms with E-state index in [-0.39, 0.29) is 23.9 Å². The van der Waals surface area contributed by atoms with Crippen LogP contribution in [0.2, 0.25) is 0 Å². The van der Waals surface area contributed by atoms with Gasteiger partial charge < -0.3 is 10.6 Å². The summed E-state index contributed by atoms with van der Waals surface area (Å²) in [5.41, 5.74) is 4.66. The van der Waals surface area contributed by atoms with Crippen molar-refractivity contribution in [2.24, 2.45) is 0 Å². The Morgan fingerprint density at radius 3 is 2.43 bits per heavy atom. The average molecular weight is 299 g/mol. The Morgan fingerprint density at radius 2 is 1.86 bits per heavy atom. The highest BCUT2D eigenvalue weighted by atomic mass is 19.4. The van der Waals surface area contributed by atoms with Crippen molar-refractivity contribution in [3.63, 3.8) is 0 Å². The summed E-state index contributed by atoms with van der Waals surface area (Å²) in [6, 6.07) is 7.40. The summed E-state index contributed by atoms with van der Waals surface area (Å²) < 4.78 is 52.3. The van der Waals surface area contributed by atoms with E-state index in [0.29, 0.717) is 0 Å². The van der Waals surface area contributed by atoms with Gasteiger partial charge in [0, 0.05) is 6.54 Å². The first-order chi connectivity index (χ1) is 9.82. The van der Waals surface area contributed by atoms with Crippen molar-refractivity contribution in [3.8, 4) is 0 Å². The lowest BCUT2D eigenvalue weighted by Gasteiger charge is -2.23. The van der Waals surface area contributed by atoms with Gasteiger partial charge in [-0.3, -0.25) is 0 Å². The molecular formula is C14H13F4N3. The monoisotopic (exact) mass is 299 g/mol. The number of nitrogens with two attached hydrogens (primary N) is 1. The van der Waals surface area contributed by atoms with E-state index in [1.165, 1.54) is 23.1 Å². The number of pyridine rings is 1. The van der Waals surface area contributed by atoms with E-state index < -0.39 is 17.6 Å². The predicted octanol–water partition coefficient (Wildman–Crippen LogP) is 3.98. The third-order valence-corrected chi connectivity index (χ3v) is 2.89. The molecule has 0 aliphatic rings. The first kappa shape index (κ1) is 15.1. The van der Waals surface area contributed by atoms with Gasteiger partial charge in [0.05, 0.1) is 11.3 Å². The van der Waals surface area contributed by atoms with Crippen LogP contribution in [0.4, 0.5) is 34.9 Å². The number of aromatic nitrogens is 1. The van der Waals surface area contributed by atoms with Crippen LogP contribution in [0.25, 0.3) is 0 Å². The van der Waals surface area contributed by atoms with Crippen LogP contribution < -0.4 is 10.6 Å². The molecule has 7 heteroatoms. The number of alkyl halides is 3. The molecule has 2 N–H and O–H groups in total. The third-order valence-electron chi connectivity index (χ3n) is 2.89. The van der Waals surface area contributed by atoms with Gasteiger partial charge in [-0.1, -0.05) is 12.1 Å². The molecule has 0 saturated heterocycles. The van der Waals surface area contributed by atoms with Crippen LogP contribution >= 0.6 is 0 Å². The molecule has 0 amide bonds. The molecule has 2 rings (SSSR count). The maximum atomic E-state index is 13.8. The van der Waals surface area contributed by atoms with Crippen molar-refractivity contribution in [2.75, 3.05) is 17.2 Å². The zero-order chi connectivity index (χ0) is 15.6. The number of hydrogen-bond donors (Lipinski definition) is 1. The van der Waals surface area contributed by atoms with Gasteiger partial charge in [-0.2, -0.15) is 13.2 Å². The number of hydrogen-bond acceptors (Lipinski definition) is 3. The van der Waals surface area contributed by atoms with Gasteiger partial charge in [0.1, 0.15) is 17.5 Å². The van der Waals surface area contributed by atoms with Gasteiger partial charge in [0.25, 0.3) is 0 Å². The first-order valence-corrected chi connectivity index (χ1v) is 6.19. The fourth-order valence-corrected chi connectivity index (χ4v) is 1.97. The molecule has 1 heterocycles. The molecule has 0 aliphatic heterocycles. The highest BCUT2D eigenvalue weighted by molar-refractivity contribution is 5.62. The minimum atomic E-state index is -4.54. The topological polar surface area (TPSA) is 42.1 Å². The van der Waals surface area contributed by atoms with E-state index in [9.17, 15) is 17.6 Å². The molecule has 3 nitrogen and oxygen atoms in total. The Hall–Kier alpha value is -2.31. The molecule has 1 aromatic heterocycles. The predicted molar refractivity (Wildman–Crippen MR) is 72.7 cm³/mol. The number of para-hydroxylation sites is 1.